The van der Waals surface area contributed by atoms with Gasteiger partial charge in [-0.3, -0.25) is 4.79 Å². The van der Waals surface area contributed by atoms with E-state index < -0.39 is 0 Å². The van der Waals surface area contributed by atoms with Gasteiger partial charge in [0, 0.05) is 25.7 Å². The smallest absolute Gasteiger partial charge is 0.241 e. The molecule has 0 fully saturated rings. The van der Waals surface area contributed by atoms with E-state index in [4.69, 9.17) is 11.6 Å². The van der Waals surface area contributed by atoms with Crippen LogP contribution in [0, 0.1) is 11.8 Å². The SMILES string of the molecule is C=C[C@H](NC)C(=O)NCCCC#Cc1cnc(Cl)nc1NCCC. The third-order valence-electron chi connectivity index (χ3n) is 3.13. The van der Waals surface area contributed by atoms with Gasteiger partial charge in [-0.05, 0) is 31.5 Å². The highest BCUT2D eigenvalue weighted by Gasteiger charge is 2.10. The van der Waals surface area contributed by atoms with E-state index in [0.29, 0.717) is 18.8 Å². The van der Waals surface area contributed by atoms with Crippen molar-refractivity contribution in [3.63, 3.8) is 0 Å². The van der Waals surface area contributed by atoms with Gasteiger partial charge in [0.15, 0.2) is 0 Å². The van der Waals surface area contributed by atoms with Crippen LogP contribution in [0.2, 0.25) is 5.28 Å². The number of halogens is 1. The van der Waals surface area contributed by atoms with Crippen LogP contribution in [0.5, 0.6) is 0 Å². The van der Waals surface area contributed by atoms with Gasteiger partial charge in [0.1, 0.15) is 11.9 Å². The Morgan fingerprint density at radius 1 is 1.50 bits per heavy atom. The lowest BCUT2D eigenvalue weighted by molar-refractivity contribution is -0.121. The van der Waals surface area contributed by atoms with Gasteiger partial charge in [-0.15, -0.1) is 6.58 Å². The molecule has 7 heteroatoms. The summed E-state index contributed by atoms with van der Waals surface area (Å²) in [6, 6.07) is -0.366. The number of unbranched alkanes of at least 4 members (excludes halogenated alkanes) is 1. The number of carbonyl (C=O) groups is 1. The number of nitrogens with zero attached hydrogens (tertiary/aromatic N) is 2. The molecule has 0 aliphatic rings. The number of hydrogen-bond donors (Lipinski definition) is 3. The highest BCUT2D eigenvalue weighted by molar-refractivity contribution is 6.28. The zero-order valence-corrected chi connectivity index (χ0v) is 14.9. The minimum absolute atomic E-state index is 0.0855. The van der Waals surface area contributed by atoms with Crippen molar-refractivity contribution in [1.82, 2.24) is 20.6 Å². The number of amides is 1. The van der Waals surface area contributed by atoms with Gasteiger partial charge in [0.05, 0.1) is 5.56 Å². The molecule has 0 radical (unpaired) electrons. The molecule has 1 heterocycles. The number of aromatic nitrogens is 2. The molecule has 0 bridgehead atoms. The van der Waals surface area contributed by atoms with Crippen LogP contribution < -0.4 is 16.0 Å². The van der Waals surface area contributed by atoms with Crippen molar-refractivity contribution in [2.24, 2.45) is 0 Å². The van der Waals surface area contributed by atoms with E-state index in [1.165, 1.54) is 0 Å². The Bertz CT molecular complexity index is 609. The molecule has 1 aromatic rings. The molecule has 0 spiro atoms. The Morgan fingerprint density at radius 2 is 2.29 bits per heavy atom. The normalized spacial score (nSPS) is 11.1. The fourth-order valence-electron chi connectivity index (χ4n) is 1.84. The Morgan fingerprint density at radius 3 is 2.96 bits per heavy atom. The number of carbonyl (C=O) groups excluding carboxylic acids is 1. The number of rotatable bonds is 9. The van der Waals surface area contributed by atoms with Crippen molar-refractivity contribution < 1.29 is 4.79 Å². The molecule has 1 rings (SSSR count). The monoisotopic (exact) mass is 349 g/mol. The fourth-order valence-corrected chi connectivity index (χ4v) is 1.98. The summed E-state index contributed by atoms with van der Waals surface area (Å²) < 4.78 is 0. The van der Waals surface area contributed by atoms with Crippen molar-refractivity contribution >= 4 is 23.3 Å². The number of anilines is 1. The van der Waals surface area contributed by atoms with Crippen LogP contribution in [-0.2, 0) is 4.79 Å². The van der Waals surface area contributed by atoms with Crippen molar-refractivity contribution in [2.75, 3.05) is 25.5 Å². The minimum Gasteiger partial charge on any atom is -0.369 e. The predicted molar refractivity (Wildman–Crippen MR) is 98.0 cm³/mol. The van der Waals surface area contributed by atoms with Gasteiger partial charge < -0.3 is 16.0 Å². The fraction of sp³-hybridized carbons (Fsp3) is 0.471. The number of likely N-dealkylation sites (N-methyl/N-ethyl adjacent to an activating group) is 1. The molecule has 1 atom stereocenters. The average molecular weight is 350 g/mol. The van der Waals surface area contributed by atoms with Crippen LogP contribution >= 0.6 is 11.6 Å². The van der Waals surface area contributed by atoms with Crippen molar-refractivity contribution in [1.29, 1.82) is 0 Å². The maximum atomic E-state index is 11.7. The van der Waals surface area contributed by atoms with Crippen LogP contribution in [0.25, 0.3) is 0 Å². The zero-order chi connectivity index (χ0) is 17.8. The van der Waals surface area contributed by atoms with Crippen LogP contribution in [0.4, 0.5) is 5.82 Å². The van der Waals surface area contributed by atoms with E-state index in [1.807, 2.05) is 0 Å². The zero-order valence-electron chi connectivity index (χ0n) is 14.2. The topological polar surface area (TPSA) is 78.9 Å². The number of nitrogens with one attached hydrogen (secondary N) is 3. The van der Waals surface area contributed by atoms with Crippen LogP contribution in [0.3, 0.4) is 0 Å². The quantitative estimate of drug-likeness (QED) is 0.275. The summed E-state index contributed by atoms with van der Waals surface area (Å²) >= 11 is 5.81. The molecule has 130 valence electrons. The van der Waals surface area contributed by atoms with Crippen LogP contribution in [-0.4, -0.2) is 42.1 Å². The maximum absolute atomic E-state index is 11.7. The van der Waals surface area contributed by atoms with Gasteiger partial charge in [-0.2, -0.15) is 4.98 Å². The summed E-state index contributed by atoms with van der Waals surface area (Å²) in [5.74, 6) is 6.68. The summed E-state index contributed by atoms with van der Waals surface area (Å²) in [5.41, 5.74) is 0.721. The summed E-state index contributed by atoms with van der Waals surface area (Å²) in [4.78, 5) is 19.8. The highest BCUT2D eigenvalue weighted by Crippen LogP contribution is 2.13. The standard InChI is InChI=1S/C17H24ClN5O/c1-4-10-20-15-13(12-22-17(18)23-15)9-7-6-8-11-21-16(24)14(5-2)19-3/h5,12,14,19H,2,4,6,8,10-11H2,1,3H3,(H,21,24)(H,20,22,23)/t14-/m0/s1. The molecule has 0 unspecified atom stereocenters. The van der Waals surface area contributed by atoms with Crippen molar-refractivity contribution in [2.45, 2.75) is 32.2 Å². The van der Waals surface area contributed by atoms with Crippen LogP contribution in [0.1, 0.15) is 31.7 Å². The first-order chi connectivity index (χ1) is 11.6. The maximum Gasteiger partial charge on any atom is 0.241 e. The molecular weight excluding hydrogens is 326 g/mol. The van der Waals surface area contributed by atoms with Gasteiger partial charge in [0.2, 0.25) is 11.2 Å². The molecule has 0 saturated heterocycles. The Balaban J connectivity index is 2.46. The molecular formula is C17H24ClN5O. The van der Waals surface area contributed by atoms with E-state index in [0.717, 1.165) is 24.9 Å². The first kappa shape index (κ1) is 19.9. The summed E-state index contributed by atoms with van der Waals surface area (Å²) in [6.45, 7) is 7.04. The second-order valence-electron chi connectivity index (χ2n) is 5.03. The van der Waals surface area contributed by atoms with Gasteiger partial charge in [-0.1, -0.05) is 24.8 Å². The van der Waals surface area contributed by atoms with E-state index in [2.05, 4.69) is 51.3 Å². The second-order valence-corrected chi connectivity index (χ2v) is 5.36. The second kappa shape index (κ2) is 11.4. The van der Waals surface area contributed by atoms with E-state index in [-0.39, 0.29) is 17.2 Å². The van der Waals surface area contributed by atoms with Gasteiger partial charge >= 0.3 is 0 Å². The van der Waals surface area contributed by atoms with E-state index in [1.54, 1.807) is 19.3 Å². The third kappa shape index (κ3) is 6.99. The van der Waals surface area contributed by atoms with E-state index >= 15 is 0 Å². The molecule has 1 amide bonds. The Labute approximate surface area is 148 Å². The largest absolute Gasteiger partial charge is 0.369 e. The lowest BCUT2D eigenvalue weighted by Gasteiger charge is -2.10. The minimum atomic E-state index is -0.366. The summed E-state index contributed by atoms with van der Waals surface area (Å²) in [5, 5.41) is 9.08. The Kier molecular flexibility index (Phi) is 9.51. The predicted octanol–water partition coefficient (Wildman–Crippen LogP) is 1.97. The van der Waals surface area contributed by atoms with Gasteiger partial charge in [-0.25, -0.2) is 4.98 Å². The van der Waals surface area contributed by atoms with Gasteiger partial charge in [0.25, 0.3) is 0 Å². The first-order valence-electron chi connectivity index (χ1n) is 7.95. The number of hydrogen-bond acceptors (Lipinski definition) is 5. The molecule has 0 aromatic carbocycles. The summed E-state index contributed by atoms with van der Waals surface area (Å²) in [6.07, 6.45) is 5.59. The van der Waals surface area contributed by atoms with Crippen LogP contribution in [0.15, 0.2) is 18.9 Å². The molecule has 1 aromatic heterocycles. The van der Waals surface area contributed by atoms with Crippen molar-refractivity contribution in [3.8, 4) is 11.8 Å². The molecule has 0 aliphatic heterocycles. The molecule has 0 saturated carbocycles. The molecule has 0 aliphatic carbocycles. The molecule has 24 heavy (non-hydrogen) atoms. The lowest BCUT2D eigenvalue weighted by atomic mass is 10.2. The Hall–Kier alpha value is -2.10. The average Bonchev–Trinajstić information content (AvgIpc) is 2.58. The van der Waals surface area contributed by atoms with E-state index in [9.17, 15) is 4.79 Å². The lowest BCUT2D eigenvalue weighted by Crippen LogP contribution is -2.41. The first-order valence-corrected chi connectivity index (χ1v) is 8.33. The highest BCUT2D eigenvalue weighted by atomic mass is 35.5. The third-order valence-corrected chi connectivity index (χ3v) is 3.31. The summed E-state index contributed by atoms with van der Waals surface area (Å²) in [7, 11) is 1.72. The molecule has 3 N–H and O–H groups in total. The van der Waals surface area contributed by atoms with Crippen molar-refractivity contribution in [3.05, 3.63) is 29.7 Å². The molecule has 6 nitrogen and oxygen atoms in total.